The van der Waals surface area contributed by atoms with Crippen LogP contribution in [0.15, 0.2) is 36.4 Å². The van der Waals surface area contributed by atoms with Crippen molar-refractivity contribution in [3.63, 3.8) is 0 Å². The summed E-state index contributed by atoms with van der Waals surface area (Å²) in [4.78, 5) is 14.1. The summed E-state index contributed by atoms with van der Waals surface area (Å²) in [6.07, 6.45) is 0. The minimum absolute atomic E-state index is 0.0333. The maximum Gasteiger partial charge on any atom is 0.238 e. The summed E-state index contributed by atoms with van der Waals surface area (Å²) in [5, 5.41) is 1.41. The van der Waals surface area contributed by atoms with E-state index in [0.29, 0.717) is 20.8 Å². The van der Waals surface area contributed by atoms with Gasteiger partial charge in [-0.15, -0.1) is 11.8 Å². The lowest BCUT2D eigenvalue weighted by Crippen LogP contribution is -2.28. The lowest BCUT2D eigenvalue weighted by atomic mass is 10.1. The molecule has 2 aromatic carbocycles. The van der Waals surface area contributed by atoms with Crippen LogP contribution in [0.5, 0.6) is 0 Å². The Balaban J connectivity index is 2.06. The van der Waals surface area contributed by atoms with Crippen molar-refractivity contribution in [2.24, 2.45) is 0 Å². The minimum atomic E-state index is -0.197. The molecule has 1 heterocycles. The third-order valence-corrected chi connectivity index (χ3v) is 5.98. The third-order valence-electron chi connectivity index (χ3n) is 3.55. The van der Waals surface area contributed by atoms with E-state index >= 15 is 0 Å². The number of halogens is 3. The van der Waals surface area contributed by atoms with Crippen molar-refractivity contribution in [3.05, 3.63) is 62.6 Å². The summed E-state index contributed by atoms with van der Waals surface area (Å²) in [6, 6.07) is 11.1. The number of thioether (sulfide) groups is 1. The van der Waals surface area contributed by atoms with Gasteiger partial charge in [0.15, 0.2) is 0 Å². The Morgan fingerprint density at radius 1 is 1.14 bits per heavy atom. The van der Waals surface area contributed by atoms with Crippen LogP contribution in [0.2, 0.25) is 15.1 Å². The van der Waals surface area contributed by atoms with Crippen LogP contribution in [0.3, 0.4) is 0 Å². The first-order chi connectivity index (χ1) is 10.5. The second-order valence-corrected chi connectivity index (χ2v) is 7.26. The molecule has 1 amide bonds. The fraction of sp³-hybridized carbons (Fsp3) is 0.188. The topological polar surface area (TPSA) is 20.3 Å². The number of rotatable bonds is 2. The van der Waals surface area contributed by atoms with Gasteiger partial charge in [0, 0.05) is 16.3 Å². The molecule has 2 nitrogen and oxygen atoms in total. The fourth-order valence-electron chi connectivity index (χ4n) is 2.38. The lowest BCUT2D eigenvalue weighted by molar-refractivity contribution is -0.115. The van der Waals surface area contributed by atoms with E-state index in [4.69, 9.17) is 34.8 Å². The standard InChI is InChI=1S/C16H12Cl3NOS/c1-9-5-6-10(7-13(9)18)20-14(21)8-22-16(20)11-3-2-4-12(17)15(11)19/h2-7,16H,8H2,1H3/t16-/m1/s1. The van der Waals surface area contributed by atoms with Crippen molar-refractivity contribution in [1.29, 1.82) is 0 Å². The maximum atomic E-state index is 12.3. The molecule has 1 aliphatic heterocycles. The molecule has 1 aliphatic rings. The molecule has 114 valence electrons. The van der Waals surface area contributed by atoms with E-state index in [2.05, 4.69) is 0 Å². The van der Waals surface area contributed by atoms with Gasteiger partial charge in [-0.2, -0.15) is 0 Å². The Morgan fingerprint density at radius 3 is 2.64 bits per heavy atom. The molecule has 1 atom stereocenters. The molecule has 0 bridgehead atoms. The highest BCUT2D eigenvalue weighted by molar-refractivity contribution is 8.00. The first-order valence-corrected chi connectivity index (χ1v) is 8.81. The molecule has 0 saturated carbocycles. The molecule has 2 aromatic rings. The van der Waals surface area contributed by atoms with E-state index in [1.807, 2.05) is 37.3 Å². The van der Waals surface area contributed by atoms with Crippen molar-refractivity contribution < 1.29 is 4.79 Å². The van der Waals surface area contributed by atoms with Gasteiger partial charge in [-0.1, -0.05) is 53.0 Å². The number of carbonyl (C=O) groups is 1. The molecule has 0 N–H and O–H groups in total. The highest BCUT2D eigenvalue weighted by Gasteiger charge is 2.35. The zero-order valence-electron chi connectivity index (χ0n) is 11.6. The van der Waals surface area contributed by atoms with Crippen LogP contribution >= 0.6 is 46.6 Å². The highest BCUT2D eigenvalue weighted by Crippen LogP contribution is 2.45. The molecular formula is C16H12Cl3NOS. The summed E-state index contributed by atoms with van der Waals surface area (Å²) >= 11 is 20.2. The quantitative estimate of drug-likeness (QED) is 0.670. The van der Waals surface area contributed by atoms with Gasteiger partial charge in [-0.3, -0.25) is 9.69 Å². The summed E-state index contributed by atoms with van der Waals surface area (Å²) in [7, 11) is 0. The van der Waals surface area contributed by atoms with Crippen molar-refractivity contribution in [2.75, 3.05) is 10.7 Å². The molecule has 0 spiro atoms. The van der Waals surface area contributed by atoms with Gasteiger partial charge in [0.05, 0.1) is 15.8 Å². The van der Waals surface area contributed by atoms with E-state index in [-0.39, 0.29) is 11.3 Å². The molecule has 1 fully saturated rings. The summed E-state index contributed by atoms with van der Waals surface area (Å²) in [5.74, 6) is 0.435. The zero-order valence-corrected chi connectivity index (χ0v) is 14.7. The van der Waals surface area contributed by atoms with Crippen LogP contribution in [-0.4, -0.2) is 11.7 Å². The predicted molar refractivity (Wildman–Crippen MR) is 95.3 cm³/mol. The van der Waals surface area contributed by atoms with Gasteiger partial charge < -0.3 is 0 Å². The Bertz CT molecular complexity index is 750. The van der Waals surface area contributed by atoms with Crippen LogP contribution in [0.4, 0.5) is 5.69 Å². The Labute approximate surface area is 148 Å². The van der Waals surface area contributed by atoms with Gasteiger partial charge in [-0.25, -0.2) is 0 Å². The average Bonchev–Trinajstić information content (AvgIpc) is 2.86. The number of nitrogens with zero attached hydrogens (tertiary/aromatic N) is 1. The van der Waals surface area contributed by atoms with Gasteiger partial charge in [0.25, 0.3) is 0 Å². The predicted octanol–water partition coefficient (Wildman–Crippen LogP) is 5.73. The van der Waals surface area contributed by atoms with Crippen LogP contribution in [0.1, 0.15) is 16.5 Å². The Hall–Kier alpha value is -0.870. The third kappa shape index (κ3) is 2.83. The van der Waals surface area contributed by atoms with Crippen molar-refractivity contribution >= 4 is 58.2 Å². The van der Waals surface area contributed by atoms with E-state index in [9.17, 15) is 4.79 Å². The molecule has 6 heteroatoms. The van der Waals surface area contributed by atoms with Crippen LogP contribution < -0.4 is 4.90 Å². The molecular weight excluding hydrogens is 361 g/mol. The number of anilines is 1. The van der Waals surface area contributed by atoms with E-state index in [1.165, 1.54) is 11.8 Å². The summed E-state index contributed by atoms with van der Waals surface area (Å²) < 4.78 is 0. The number of benzene rings is 2. The van der Waals surface area contributed by atoms with Crippen molar-refractivity contribution in [2.45, 2.75) is 12.3 Å². The van der Waals surface area contributed by atoms with Gasteiger partial charge >= 0.3 is 0 Å². The van der Waals surface area contributed by atoms with Gasteiger partial charge in [0.2, 0.25) is 5.91 Å². The molecule has 1 saturated heterocycles. The lowest BCUT2D eigenvalue weighted by Gasteiger charge is -2.25. The Morgan fingerprint density at radius 2 is 1.91 bits per heavy atom. The van der Waals surface area contributed by atoms with Crippen LogP contribution in [-0.2, 0) is 4.79 Å². The fourth-order valence-corrected chi connectivity index (χ4v) is 4.23. The van der Waals surface area contributed by atoms with Crippen molar-refractivity contribution in [1.82, 2.24) is 0 Å². The van der Waals surface area contributed by atoms with E-state index < -0.39 is 0 Å². The largest absolute Gasteiger partial charge is 0.295 e. The molecule has 22 heavy (non-hydrogen) atoms. The second kappa shape index (κ2) is 6.32. The van der Waals surface area contributed by atoms with Crippen molar-refractivity contribution in [3.8, 4) is 0 Å². The number of carbonyl (C=O) groups excluding carboxylic acids is 1. The van der Waals surface area contributed by atoms with E-state index in [0.717, 1.165) is 16.8 Å². The monoisotopic (exact) mass is 371 g/mol. The number of aryl methyl sites for hydroxylation is 1. The minimum Gasteiger partial charge on any atom is -0.295 e. The number of hydrogen-bond donors (Lipinski definition) is 0. The molecule has 0 radical (unpaired) electrons. The molecule has 0 unspecified atom stereocenters. The van der Waals surface area contributed by atoms with Crippen LogP contribution in [0, 0.1) is 6.92 Å². The first-order valence-electron chi connectivity index (χ1n) is 6.63. The van der Waals surface area contributed by atoms with E-state index in [1.54, 1.807) is 11.0 Å². The maximum absolute atomic E-state index is 12.3. The van der Waals surface area contributed by atoms with Crippen LogP contribution in [0.25, 0.3) is 0 Å². The Kier molecular flexibility index (Phi) is 4.60. The summed E-state index contributed by atoms with van der Waals surface area (Å²) in [5.41, 5.74) is 2.58. The second-order valence-electron chi connectivity index (χ2n) is 5.00. The zero-order chi connectivity index (χ0) is 15.9. The average molecular weight is 373 g/mol. The SMILES string of the molecule is Cc1ccc(N2C(=O)CS[C@@H]2c2cccc(Cl)c2Cl)cc1Cl. The normalized spacial score (nSPS) is 18.1. The summed E-state index contributed by atoms with van der Waals surface area (Å²) in [6.45, 7) is 1.93. The van der Waals surface area contributed by atoms with Gasteiger partial charge in [0.1, 0.15) is 5.37 Å². The molecule has 3 rings (SSSR count). The van der Waals surface area contributed by atoms with Gasteiger partial charge in [-0.05, 0) is 30.7 Å². The highest BCUT2D eigenvalue weighted by atomic mass is 35.5. The smallest absolute Gasteiger partial charge is 0.238 e. The molecule has 0 aliphatic carbocycles. The number of amides is 1. The first kappa shape index (κ1) is 16.0. The molecule has 0 aromatic heterocycles. The number of hydrogen-bond acceptors (Lipinski definition) is 2.